The van der Waals surface area contributed by atoms with E-state index in [4.69, 9.17) is 0 Å². The van der Waals surface area contributed by atoms with Crippen molar-refractivity contribution in [1.29, 1.82) is 5.26 Å². The average molecular weight is 309 g/mol. The van der Waals surface area contributed by atoms with E-state index in [1.165, 1.54) is 0 Å². The van der Waals surface area contributed by atoms with E-state index in [0.29, 0.717) is 11.6 Å². The second-order valence-corrected chi connectivity index (χ2v) is 5.67. The van der Waals surface area contributed by atoms with E-state index in [0.717, 1.165) is 36.0 Å². The number of aliphatic hydroxyl groups excluding tert-OH is 1. The van der Waals surface area contributed by atoms with Gasteiger partial charge in [-0.2, -0.15) is 5.26 Å². The van der Waals surface area contributed by atoms with Gasteiger partial charge < -0.3 is 10.0 Å². The van der Waals surface area contributed by atoms with E-state index in [-0.39, 0.29) is 6.10 Å². The van der Waals surface area contributed by atoms with Gasteiger partial charge in [0, 0.05) is 17.1 Å². The number of nitrogens with zero attached hydrogens (tertiary/aromatic N) is 2. The molecule has 0 aromatic heterocycles. The molecule has 1 N–H and O–H groups in total. The molecule has 0 saturated carbocycles. The first kappa shape index (κ1) is 13.4. The van der Waals surface area contributed by atoms with Crippen molar-refractivity contribution >= 4 is 21.6 Å². The van der Waals surface area contributed by atoms with E-state index in [9.17, 15) is 10.4 Å². The Balaban J connectivity index is 2.31. The molecule has 1 fully saturated rings. The summed E-state index contributed by atoms with van der Waals surface area (Å²) in [4.78, 5) is 2.26. The molecule has 2 atom stereocenters. The first-order valence-electron chi connectivity index (χ1n) is 6.26. The van der Waals surface area contributed by atoms with Crippen LogP contribution in [0.25, 0.3) is 0 Å². The Kier molecular flexibility index (Phi) is 4.26. The third kappa shape index (κ3) is 2.68. The molecule has 0 bridgehead atoms. The van der Waals surface area contributed by atoms with E-state index in [1.807, 2.05) is 25.1 Å². The van der Waals surface area contributed by atoms with Gasteiger partial charge in [0.25, 0.3) is 0 Å². The van der Waals surface area contributed by atoms with Crippen LogP contribution in [0.4, 0.5) is 5.69 Å². The number of benzene rings is 1. The fourth-order valence-electron chi connectivity index (χ4n) is 2.65. The lowest BCUT2D eigenvalue weighted by atomic mass is 10.1. The maximum Gasteiger partial charge on any atom is 0.103 e. The molecule has 2 unspecified atom stereocenters. The van der Waals surface area contributed by atoms with Crippen molar-refractivity contribution in [2.24, 2.45) is 0 Å². The molecule has 1 aromatic carbocycles. The summed E-state index contributed by atoms with van der Waals surface area (Å²) in [6, 6.07) is 8.44. The van der Waals surface area contributed by atoms with Crippen molar-refractivity contribution in [2.75, 3.05) is 11.4 Å². The number of rotatable bonds is 3. The zero-order valence-corrected chi connectivity index (χ0v) is 12.0. The molecule has 0 radical (unpaired) electrons. The molecule has 0 aliphatic carbocycles. The summed E-state index contributed by atoms with van der Waals surface area (Å²) in [5.74, 6) is 0. The summed E-state index contributed by atoms with van der Waals surface area (Å²) >= 11 is 3.43. The molecule has 4 heteroatoms. The van der Waals surface area contributed by atoms with Crippen molar-refractivity contribution in [2.45, 2.75) is 38.3 Å². The minimum atomic E-state index is -0.298. The average Bonchev–Trinajstić information content (AvgIpc) is 2.75. The van der Waals surface area contributed by atoms with Gasteiger partial charge in [0.05, 0.1) is 17.4 Å². The van der Waals surface area contributed by atoms with Gasteiger partial charge in [-0.1, -0.05) is 6.07 Å². The number of nitriles is 1. The summed E-state index contributed by atoms with van der Waals surface area (Å²) in [7, 11) is 0. The summed E-state index contributed by atoms with van der Waals surface area (Å²) < 4.78 is 0.838. The zero-order valence-electron chi connectivity index (χ0n) is 10.4. The second kappa shape index (κ2) is 5.73. The lowest BCUT2D eigenvalue weighted by Crippen LogP contribution is -2.32. The number of aliphatic hydroxyl groups is 1. The van der Waals surface area contributed by atoms with Crippen LogP contribution in [0.1, 0.15) is 31.7 Å². The van der Waals surface area contributed by atoms with Gasteiger partial charge in [-0.05, 0) is 54.2 Å². The summed E-state index contributed by atoms with van der Waals surface area (Å²) in [6.45, 7) is 2.78. The summed E-state index contributed by atoms with van der Waals surface area (Å²) in [5, 5.41) is 18.8. The predicted molar refractivity (Wildman–Crippen MR) is 75.5 cm³/mol. The largest absolute Gasteiger partial charge is 0.393 e. The van der Waals surface area contributed by atoms with Gasteiger partial charge in [0.2, 0.25) is 0 Å². The highest BCUT2D eigenvalue weighted by molar-refractivity contribution is 9.10. The van der Waals surface area contributed by atoms with Crippen molar-refractivity contribution < 1.29 is 5.11 Å². The topological polar surface area (TPSA) is 47.3 Å². The van der Waals surface area contributed by atoms with Crippen LogP contribution >= 0.6 is 15.9 Å². The molecule has 0 spiro atoms. The Labute approximate surface area is 116 Å². The number of hydrogen-bond acceptors (Lipinski definition) is 3. The van der Waals surface area contributed by atoms with Crippen molar-refractivity contribution in [3.8, 4) is 6.07 Å². The quantitative estimate of drug-likeness (QED) is 0.933. The maximum absolute atomic E-state index is 9.56. The number of hydrogen-bond donors (Lipinski definition) is 1. The van der Waals surface area contributed by atoms with Crippen LogP contribution in [0.3, 0.4) is 0 Å². The molecule has 2 rings (SSSR count). The van der Waals surface area contributed by atoms with E-state index in [2.05, 4.69) is 26.9 Å². The first-order valence-corrected chi connectivity index (χ1v) is 7.06. The lowest BCUT2D eigenvalue weighted by Gasteiger charge is -2.28. The normalized spacial score (nSPS) is 20.8. The highest BCUT2D eigenvalue weighted by Gasteiger charge is 2.27. The van der Waals surface area contributed by atoms with Gasteiger partial charge in [0.1, 0.15) is 6.07 Å². The van der Waals surface area contributed by atoms with Crippen LogP contribution in [0, 0.1) is 11.3 Å². The molecule has 3 nitrogen and oxygen atoms in total. The Morgan fingerprint density at radius 3 is 3.06 bits per heavy atom. The van der Waals surface area contributed by atoms with E-state index in [1.54, 1.807) is 0 Å². The van der Waals surface area contributed by atoms with Crippen LogP contribution in [0.15, 0.2) is 22.7 Å². The molecule has 1 aliphatic rings. The fourth-order valence-corrected chi connectivity index (χ4v) is 3.10. The predicted octanol–water partition coefficient (Wildman–Crippen LogP) is 3.06. The van der Waals surface area contributed by atoms with Crippen molar-refractivity contribution in [3.63, 3.8) is 0 Å². The van der Waals surface area contributed by atoms with Gasteiger partial charge >= 0.3 is 0 Å². The Hall–Kier alpha value is -1.05. The summed E-state index contributed by atoms with van der Waals surface area (Å²) in [6.07, 6.45) is 2.67. The third-order valence-electron chi connectivity index (χ3n) is 3.40. The fraction of sp³-hybridized carbons (Fsp3) is 0.500. The second-order valence-electron chi connectivity index (χ2n) is 4.82. The standard InChI is InChI=1S/C14H17BrN2O/c1-10(18)8-11-4-3-7-17(11)14-6-2-5-13(15)12(14)9-16/h2,5-6,10-11,18H,3-4,7-8H2,1H3. The highest BCUT2D eigenvalue weighted by atomic mass is 79.9. The molecule has 1 aromatic rings. The maximum atomic E-state index is 9.56. The zero-order chi connectivity index (χ0) is 13.1. The molecular weight excluding hydrogens is 292 g/mol. The molecule has 1 saturated heterocycles. The minimum absolute atomic E-state index is 0.298. The summed E-state index contributed by atoms with van der Waals surface area (Å²) in [5.41, 5.74) is 1.67. The van der Waals surface area contributed by atoms with Crippen molar-refractivity contribution in [1.82, 2.24) is 0 Å². The van der Waals surface area contributed by atoms with Crippen LogP contribution in [-0.2, 0) is 0 Å². The SMILES string of the molecule is CC(O)CC1CCCN1c1cccc(Br)c1C#N. The lowest BCUT2D eigenvalue weighted by molar-refractivity contribution is 0.175. The number of halogens is 1. The first-order chi connectivity index (χ1) is 8.63. The van der Waals surface area contributed by atoms with E-state index >= 15 is 0 Å². The van der Waals surface area contributed by atoms with Crippen LogP contribution in [-0.4, -0.2) is 23.8 Å². The monoisotopic (exact) mass is 308 g/mol. The number of anilines is 1. The third-order valence-corrected chi connectivity index (χ3v) is 4.06. The van der Waals surface area contributed by atoms with Gasteiger partial charge in [-0.25, -0.2) is 0 Å². The highest BCUT2D eigenvalue weighted by Crippen LogP contribution is 2.33. The molecule has 1 heterocycles. The Bertz CT molecular complexity index is 467. The van der Waals surface area contributed by atoms with Crippen LogP contribution in [0.5, 0.6) is 0 Å². The molecule has 1 aliphatic heterocycles. The van der Waals surface area contributed by atoms with Crippen LogP contribution in [0.2, 0.25) is 0 Å². The van der Waals surface area contributed by atoms with Gasteiger partial charge in [0.15, 0.2) is 0 Å². The van der Waals surface area contributed by atoms with Gasteiger partial charge in [-0.3, -0.25) is 0 Å². The van der Waals surface area contributed by atoms with Gasteiger partial charge in [-0.15, -0.1) is 0 Å². The molecule has 18 heavy (non-hydrogen) atoms. The molecule has 0 amide bonds. The minimum Gasteiger partial charge on any atom is -0.393 e. The Morgan fingerprint density at radius 2 is 2.39 bits per heavy atom. The van der Waals surface area contributed by atoms with E-state index < -0.39 is 0 Å². The van der Waals surface area contributed by atoms with Crippen LogP contribution < -0.4 is 4.90 Å². The van der Waals surface area contributed by atoms with Crippen molar-refractivity contribution in [3.05, 3.63) is 28.2 Å². The molecule has 96 valence electrons. The Morgan fingerprint density at radius 1 is 1.61 bits per heavy atom. The molecular formula is C14H17BrN2O. The smallest absolute Gasteiger partial charge is 0.103 e.